The second-order valence-corrected chi connectivity index (χ2v) is 10.8. The van der Waals surface area contributed by atoms with Gasteiger partial charge < -0.3 is 19.6 Å². The molecule has 5 rings (SSSR count). The average Bonchev–Trinajstić information content (AvgIpc) is 2.88. The summed E-state index contributed by atoms with van der Waals surface area (Å²) in [6, 6.07) is 13.9. The molecule has 35 heavy (non-hydrogen) atoms. The van der Waals surface area contributed by atoms with Gasteiger partial charge in [-0.2, -0.15) is 0 Å². The van der Waals surface area contributed by atoms with Crippen molar-refractivity contribution in [3.05, 3.63) is 42.0 Å². The zero-order valence-electron chi connectivity index (χ0n) is 21.3. The molecule has 1 saturated carbocycles. The van der Waals surface area contributed by atoms with Crippen LogP contribution in [0.4, 0.5) is 0 Å². The van der Waals surface area contributed by atoms with E-state index in [1.54, 1.807) is 7.11 Å². The topological polar surface area (TPSA) is 35.9 Å². The molecular formula is C29H44Cl2N2O2. The Kier molecular flexibility index (Phi) is 10.6. The van der Waals surface area contributed by atoms with Crippen LogP contribution in [0.3, 0.4) is 0 Å². The van der Waals surface area contributed by atoms with E-state index in [2.05, 4.69) is 40.1 Å². The Balaban J connectivity index is 0.00000171. The highest BCUT2D eigenvalue weighted by atomic mass is 35.5. The Bertz CT molecular complexity index is 920. The number of halogens is 2. The molecule has 2 heterocycles. The number of ether oxygens (including phenoxy) is 1. The molecule has 3 aliphatic rings. The van der Waals surface area contributed by atoms with E-state index in [0.29, 0.717) is 0 Å². The summed E-state index contributed by atoms with van der Waals surface area (Å²) in [5.41, 5.74) is 0.720. The second kappa shape index (κ2) is 13.0. The van der Waals surface area contributed by atoms with Crippen LogP contribution in [-0.2, 0) is 0 Å². The van der Waals surface area contributed by atoms with E-state index in [4.69, 9.17) is 4.74 Å². The lowest BCUT2D eigenvalue weighted by molar-refractivity contribution is -0.0343. The molecule has 1 aliphatic carbocycles. The molecule has 6 heteroatoms. The number of hydrogen-bond acceptors (Lipinski definition) is 4. The molecule has 3 fully saturated rings. The van der Waals surface area contributed by atoms with Gasteiger partial charge in [-0.3, -0.25) is 0 Å². The first kappa shape index (κ1) is 28.5. The number of rotatable bonds is 6. The van der Waals surface area contributed by atoms with Crippen molar-refractivity contribution < 1.29 is 9.84 Å². The molecule has 2 aromatic carbocycles. The van der Waals surface area contributed by atoms with Crippen molar-refractivity contribution in [3.63, 3.8) is 0 Å². The minimum Gasteiger partial charge on any atom is -0.497 e. The van der Waals surface area contributed by atoms with Crippen molar-refractivity contribution in [1.29, 1.82) is 0 Å². The summed E-state index contributed by atoms with van der Waals surface area (Å²) in [6.45, 7) is 5.91. The molecule has 0 amide bonds. The van der Waals surface area contributed by atoms with Gasteiger partial charge in [0.2, 0.25) is 0 Å². The first-order chi connectivity index (χ1) is 16.1. The third-order valence-corrected chi connectivity index (χ3v) is 8.75. The average molecular weight is 524 g/mol. The number of piperidine rings is 2. The van der Waals surface area contributed by atoms with E-state index in [0.717, 1.165) is 44.0 Å². The normalized spacial score (nSPS) is 22.7. The summed E-state index contributed by atoms with van der Waals surface area (Å²) >= 11 is 0. The third-order valence-electron chi connectivity index (χ3n) is 8.75. The highest BCUT2D eigenvalue weighted by Gasteiger charge is 2.40. The predicted octanol–water partition coefficient (Wildman–Crippen LogP) is 6.42. The zero-order chi connectivity index (χ0) is 22.7. The van der Waals surface area contributed by atoms with Crippen LogP contribution in [0.15, 0.2) is 36.4 Å². The van der Waals surface area contributed by atoms with Gasteiger partial charge in [0.05, 0.1) is 12.7 Å². The van der Waals surface area contributed by atoms with Crippen molar-refractivity contribution >= 4 is 35.6 Å². The molecular weight excluding hydrogens is 479 g/mol. The van der Waals surface area contributed by atoms with Crippen LogP contribution in [0.5, 0.6) is 5.75 Å². The van der Waals surface area contributed by atoms with Crippen molar-refractivity contribution in [2.75, 3.05) is 39.8 Å². The number of benzene rings is 2. The fourth-order valence-corrected chi connectivity index (χ4v) is 6.69. The van der Waals surface area contributed by atoms with E-state index in [1.165, 1.54) is 81.0 Å². The lowest BCUT2D eigenvalue weighted by Gasteiger charge is -2.45. The molecule has 0 radical (unpaired) electrons. The van der Waals surface area contributed by atoms with Crippen molar-refractivity contribution in [2.45, 2.75) is 81.8 Å². The van der Waals surface area contributed by atoms with Gasteiger partial charge in [-0.15, -0.1) is 24.8 Å². The van der Waals surface area contributed by atoms with Gasteiger partial charge in [0, 0.05) is 18.5 Å². The van der Waals surface area contributed by atoms with Crippen LogP contribution in [0.1, 0.15) is 75.7 Å². The van der Waals surface area contributed by atoms with E-state index in [-0.39, 0.29) is 30.7 Å². The van der Waals surface area contributed by atoms with Crippen molar-refractivity contribution in [2.24, 2.45) is 0 Å². The number of aliphatic hydroxyl groups is 1. The lowest BCUT2D eigenvalue weighted by Crippen LogP contribution is -2.50. The Morgan fingerprint density at radius 2 is 1.49 bits per heavy atom. The molecule has 196 valence electrons. The third kappa shape index (κ3) is 6.64. The van der Waals surface area contributed by atoms with E-state index >= 15 is 0 Å². The number of hydrogen-bond donors (Lipinski definition) is 1. The molecule has 1 N–H and O–H groups in total. The number of fused-ring (bicyclic) bond motifs is 1. The molecule has 0 aromatic heterocycles. The summed E-state index contributed by atoms with van der Waals surface area (Å²) in [6.07, 6.45) is 12.1. The lowest BCUT2D eigenvalue weighted by atomic mass is 9.72. The monoisotopic (exact) mass is 522 g/mol. The minimum atomic E-state index is -0.581. The van der Waals surface area contributed by atoms with Gasteiger partial charge in [-0.25, -0.2) is 0 Å². The van der Waals surface area contributed by atoms with Gasteiger partial charge in [0.25, 0.3) is 0 Å². The quantitative estimate of drug-likeness (QED) is 0.474. The van der Waals surface area contributed by atoms with E-state index < -0.39 is 5.60 Å². The molecule has 0 bridgehead atoms. The molecule has 2 aliphatic heterocycles. The Labute approximate surface area is 224 Å². The smallest absolute Gasteiger partial charge is 0.119 e. The van der Waals surface area contributed by atoms with Gasteiger partial charge in [0.15, 0.2) is 0 Å². The van der Waals surface area contributed by atoms with Crippen LogP contribution in [-0.4, -0.2) is 66.4 Å². The van der Waals surface area contributed by atoms with Crippen LogP contribution in [0.25, 0.3) is 10.8 Å². The molecule has 0 unspecified atom stereocenters. The number of likely N-dealkylation sites (tertiary alicyclic amines) is 2. The summed E-state index contributed by atoms with van der Waals surface area (Å²) in [7, 11) is 1.72. The minimum absolute atomic E-state index is 0. The molecule has 0 spiro atoms. The number of methoxy groups -OCH3 is 1. The predicted molar refractivity (Wildman–Crippen MR) is 151 cm³/mol. The van der Waals surface area contributed by atoms with Gasteiger partial charge in [-0.05, 0) is 93.2 Å². The van der Waals surface area contributed by atoms with Crippen LogP contribution in [0, 0.1) is 0 Å². The van der Waals surface area contributed by atoms with Crippen LogP contribution < -0.4 is 4.74 Å². The summed E-state index contributed by atoms with van der Waals surface area (Å²) < 4.78 is 5.41. The summed E-state index contributed by atoms with van der Waals surface area (Å²) in [5, 5.41) is 14.3. The molecule has 2 saturated heterocycles. The number of nitrogens with zero attached hydrogens (tertiary/aromatic N) is 2. The molecule has 2 aromatic rings. The summed E-state index contributed by atoms with van der Waals surface area (Å²) in [5.74, 6) is 1.07. The standard InChI is InChI=1S/C29H42N2O2.2ClH/c1-33-27-11-10-23-20-25(9-8-24(23)21-27)28(29(32)14-4-2-5-15-29)22-30-18-12-26(13-19-30)31-16-6-3-7-17-31;;/h8-11,20-21,26,28,32H,2-7,12-19,22H2,1H3;2*1H/t28-;;/m0../s1. The fourth-order valence-electron chi connectivity index (χ4n) is 6.69. The highest BCUT2D eigenvalue weighted by Crippen LogP contribution is 2.41. The Morgan fingerprint density at radius 1 is 0.857 bits per heavy atom. The van der Waals surface area contributed by atoms with Crippen LogP contribution in [0.2, 0.25) is 0 Å². The van der Waals surface area contributed by atoms with Crippen LogP contribution >= 0.6 is 24.8 Å². The Morgan fingerprint density at radius 3 is 2.17 bits per heavy atom. The van der Waals surface area contributed by atoms with E-state index in [9.17, 15) is 5.11 Å². The second-order valence-electron chi connectivity index (χ2n) is 10.8. The first-order valence-corrected chi connectivity index (χ1v) is 13.4. The SMILES string of the molecule is COc1ccc2cc([C@H](CN3CCC(N4CCCCC4)CC3)C3(O)CCCCC3)ccc2c1.Cl.Cl. The Hall–Kier alpha value is -1.04. The molecule has 4 nitrogen and oxygen atoms in total. The van der Waals surface area contributed by atoms with E-state index in [1.807, 2.05) is 6.07 Å². The van der Waals surface area contributed by atoms with Crippen molar-refractivity contribution in [3.8, 4) is 5.75 Å². The first-order valence-electron chi connectivity index (χ1n) is 13.4. The maximum absolute atomic E-state index is 11.9. The fraction of sp³-hybridized carbons (Fsp3) is 0.655. The highest BCUT2D eigenvalue weighted by molar-refractivity contribution is 5.86. The zero-order valence-corrected chi connectivity index (χ0v) is 22.9. The van der Waals surface area contributed by atoms with Crippen molar-refractivity contribution in [1.82, 2.24) is 9.80 Å². The largest absolute Gasteiger partial charge is 0.497 e. The maximum Gasteiger partial charge on any atom is 0.119 e. The van der Waals surface area contributed by atoms with Gasteiger partial charge in [-0.1, -0.05) is 49.9 Å². The molecule has 1 atom stereocenters. The van der Waals surface area contributed by atoms with Gasteiger partial charge in [0.1, 0.15) is 5.75 Å². The maximum atomic E-state index is 11.9. The van der Waals surface area contributed by atoms with Gasteiger partial charge >= 0.3 is 0 Å². The summed E-state index contributed by atoms with van der Waals surface area (Å²) in [4.78, 5) is 5.40.